The first kappa shape index (κ1) is 10.4. The number of hydrogen-bond acceptors (Lipinski definition) is 2. The molecule has 0 unspecified atom stereocenters. The van der Waals surface area contributed by atoms with E-state index in [1.807, 2.05) is 6.07 Å². The Morgan fingerprint density at radius 1 is 1.47 bits per heavy atom. The number of rotatable bonds is 3. The molecule has 3 heteroatoms. The van der Waals surface area contributed by atoms with E-state index in [4.69, 9.17) is 18.0 Å². The Morgan fingerprint density at radius 2 is 2.13 bits per heavy atom. The maximum absolute atomic E-state index is 5.73. The van der Waals surface area contributed by atoms with E-state index in [1.165, 1.54) is 24.1 Å². The summed E-state index contributed by atoms with van der Waals surface area (Å²) in [5.41, 5.74) is 9.14. The SMILES string of the molecule is Cc1ccc(C(N)=S)c(N(C)C2CC2)c1. The smallest absolute Gasteiger partial charge is 0.106 e. The van der Waals surface area contributed by atoms with Crippen molar-refractivity contribution in [3.05, 3.63) is 29.3 Å². The summed E-state index contributed by atoms with van der Waals surface area (Å²) in [5.74, 6) is 0. The first-order valence-electron chi connectivity index (χ1n) is 5.23. The third-order valence-electron chi connectivity index (χ3n) is 2.89. The zero-order valence-corrected chi connectivity index (χ0v) is 9.97. The summed E-state index contributed by atoms with van der Waals surface area (Å²) in [6.45, 7) is 2.09. The fourth-order valence-electron chi connectivity index (χ4n) is 1.80. The number of aryl methyl sites for hydroxylation is 1. The number of nitrogens with two attached hydrogens (primary N) is 1. The Bertz CT molecular complexity index is 397. The van der Waals surface area contributed by atoms with Gasteiger partial charge in [-0.3, -0.25) is 0 Å². The van der Waals surface area contributed by atoms with Gasteiger partial charge in [0, 0.05) is 24.3 Å². The van der Waals surface area contributed by atoms with Gasteiger partial charge >= 0.3 is 0 Å². The van der Waals surface area contributed by atoms with Crippen LogP contribution in [0.5, 0.6) is 0 Å². The van der Waals surface area contributed by atoms with Gasteiger partial charge in [0.2, 0.25) is 0 Å². The van der Waals surface area contributed by atoms with Crippen LogP contribution in [0, 0.1) is 6.92 Å². The largest absolute Gasteiger partial charge is 0.389 e. The van der Waals surface area contributed by atoms with Crippen LogP contribution in [-0.4, -0.2) is 18.1 Å². The topological polar surface area (TPSA) is 29.3 Å². The molecule has 0 atom stereocenters. The van der Waals surface area contributed by atoms with Gasteiger partial charge in [0.1, 0.15) is 4.99 Å². The summed E-state index contributed by atoms with van der Waals surface area (Å²) < 4.78 is 0. The molecule has 80 valence electrons. The van der Waals surface area contributed by atoms with Gasteiger partial charge in [-0.25, -0.2) is 0 Å². The second kappa shape index (κ2) is 3.81. The van der Waals surface area contributed by atoms with Crippen molar-refractivity contribution in [1.29, 1.82) is 0 Å². The maximum Gasteiger partial charge on any atom is 0.106 e. The van der Waals surface area contributed by atoms with Gasteiger partial charge < -0.3 is 10.6 Å². The molecule has 0 saturated heterocycles. The standard InChI is InChI=1S/C12H16N2S/c1-8-3-6-10(12(13)15)11(7-8)14(2)9-4-5-9/h3,6-7,9H,4-5H2,1-2H3,(H2,13,15). The van der Waals surface area contributed by atoms with E-state index in [9.17, 15) is 0 Å². The van der Waals surface area contributed by atoms with Crippen LogP contribution in [0.4, 0.5) is 5.69 Å². The molecule has 1 aromatic rings. The molecule has 2 N–H and O–H groups in total. The third kappa shape index (κ3) is 2.12. The minimum Gasteiger partial charge on any atom is -0.389 e. The predicted molar refractivity (Wildman–Crippen MR) is 68.5 cm³/mol. The van der Waals surface area contributed by atoms with Gasteiger partial charge in [0.15, 0.2) is 0 Å². The molecule has 2 rings (SSSR count). The molecule has 0 aromatic heterocycles. The molecule has 1 aliphatic carbocycles. The molecule has 0 amide bonds. The van der Waals surface area contributed by atoms with Crippen molar-refractivity contribution in [2.75, 3.05) is 11.9 Å². The summed E-state index contributed by atoms with van der Waals surface area (Å²) in [6.07, 6.45) is 2.56. The molecule has 2 nitrogen and oxygen atoms in total. The van der Waals surface area contributed by atoms with Crippen LogP contribution in [0.25, 0.3) is 0 Å². The van der Waals surface area contributed by atoms with E-state index in [2.05, 4.69) is 31.0 Å². The lowest BCUT2D eigenvalue weighted by atomic mass is 10.1. The molecule has 0 heterocycles. The molecule has 0 bridgehead atoms. The number of anilines is 1. The molecule has 15 heavy (non-hydrogen) atoms. The lowest BCUT2D eigenvalue weighted by Gasteiger charge is -2.22. The van der Waals surface area contributed by atoms with E-state index >= 15 is 0 Å². The van der Waals surface area contributed by atoms with E-state index in [0.29, 0.717) is 11.0 Å². The van der Waals surface area contributed by atoms with Gasteiger partial charge in [0.25, 0.3) is 0 Å². The van der Waals surface area contributed by atoms with Crippen LogP contribution < -0.4 is 10.6 Å². The third-order valence-corrected chi connectivity index (χ3v) is 3.11. The van der Waals surface area contributed by atoms with Crippen molar-refractivity contribution in [2.45, 2.75) is 25.8 Å². The van der Waals surface area contributed by atoms with Gasteiger partial charge in [-0.15, -0.1) is 0 Å². The van der Waals surface area contributed by atoms with Crippen molar-refractivity contribution in [3.63, 3.8) is 0 Å². The van der Waals surface area contributed by atoms with Crippen molar-refractivity contribution >= 4 is 22.9 Å². The zero-order chi connectivity index (χ0) is 11.0. The van der Waals surface area contributed by atoms with E-state index in [1.54, 1.807) is 0 Å². The second-order valence-electron chi connectivity index (χ2n) is 4.23. The van der Waals surface area contributed by atoms with Crippen LogP contribution in [0.1, 0.15) is 24.0 Å². The maximum atomic E-state index is 5.73. The molecule has 1 aliphatic rings. The quantitative estimate of drug-likeness (QED) is 0.792. The molecule has 0 spiro atoms. The molecular formula is C12H16N2S. The predicted octanol–water partition coefficient (Wildman–Crippen LogP) is 2.23. The Hall–Kier alpha value is -1.09. The lowest BCUT2D eigenvalue weighted by Crippen LogP contribution is -2.23. The van der Waals surface area contributed by atoms with Gasteiger partial charge in [-0.2, -0.15) is 0 Å². The zero-order valence-electron chi connectivity index (χ0n) is 9.16. The highest BCUT2D eigenvalue weighted by atomic mass is 32.1. The minimum absolute atomic E-state index is 0.484. The fraction of sp³-hybridized carbons (Fsp3) is 0.417. The number of nitrogens with zero attached hydrogens (tertiary/aromatic N) is 1. The van der Waals surface area contributed by atoms with Gasteiger partial charge in [-0.05, 0) is 37.5 Å². The average molecular weight is 220 g/mol. The van der Waals surface area contributed by atoms with Crippen molar-refractivity contribution < 1.29 is 0 Å². The minimum atomic E-state index is 0.484. The van der Waals surface area contributed by atoms with Crippen LogP contribution in [0.15, 0.2) is 18.2 Å². The van der Waals surface area contributed by atoms with E-state index < -0.39 is 0 Å². The summed E-state index contributed by atoms with van der Waals surface area (Å²) in [7, 11) is 2.12. The summed E-state index contributed by atoms with van der Waals surface area (Å²) in [5, 5.41) is 0. The van der Waals surface area contributed by atoms with Crippen LogP contribution in [0.3, 0.4) is 0 Å². The van der Waals surface area contributed by atoms with Crippen LogP contribution >= 0.6 is 12.2 Å². The van der Waals surface area contributed by atoms with E-state index in [-0.39, 0.29) is 0 Å². The lowest BCUT2D eigenvalue weighted by molar-refractivity contribution is 0.915. The monoisotopic (exact) mass is 220 g/mol. The van der Waals surface area contributed by atoms with E-state index in [0.717, 1.165) is 5.56 Å². The van der Waals surface area contributed by atoms with Crippen LogP contribution in [-0.2, 0) is 0 Å². The molecule has 0 radical (unpaired) electrons. The Labute approximate surface area is 96.1 Å². The molecule has 1 fully saturated rings. The molecule has 1 aromatic carbocycles. The van der Waals surface area contributed by atoms with Gasteiger partial charge in [-0.1, -0.05) is 18.3 Å². The fourth-order valence-corrected chi connectivity index (χ4v) is 1.97. The van der Waals surface area contributed by atoms with Crippen LogP contribution in [0.2, 0.25) is 0 Å². The second-order valence-corrected chi connectivity index (χ2v) is 4.67. The highest BCUT2D eigenvalue weighted by Gasteiger charge is 2.27. The van der Waals surface area contributed by atoms with Crippen molar-refractivity contribution in [1.82, 2.24) is 0 Å². The highest BCUT2D eigenvalue weighted by Crippen LogP contribution is 2.32. The normalized spacial score (nSPS) is 15.1. The Balaban J connectivity index is 2.41. The molecule has 0 aliphatic heterocycles. The summed E-state index contributed by atoms with van der Waals surface area (Å²) in [4.78, 5) is 2.78. The average Bonchev–Trinajstić information content (AvgIpc) is 2.99. The number of benzene rings is 1. The highest BCUT2D eigenvalue weighted by molar-refractivity contribution is 7.80. The Kier molecular flexibility index (Phi) is 2.65. The summed E-state index contributed by atoms with van der Waals surface area (Å²) >= 11 is 5.07. The van der Waals surface area contributed by atoms with Crippen molar-refractivity contribution in [3.8, 4) is 0 Å². The number of hydrogen-bond donors (Lipinski definition) is 1. The molecular weight excluding hydrogens is 204 g/mol. The Morgan fingerprint density at radius 3 is 2.67 bits per heavy atom. The first-order valence-corrected chi connectivity index (χ1v) is 5.63. The first-order chi connectivity index (χ1) is 7.09. The number of thiocarbonyl (C=S) groups is 1. The van der Waals surface area contributed by atoms with Crippen molar-refractivity contribution in [2.24, 2.45) is 5.73 Å². The van der Waals surface area contributed by atoms with Gasteiger partial charge in [0.05, 0.1) is 0 Å². The molecule has 1 saturated carbocycles. The summed E-state index contributed by atoms with van der Waals surface area (Å²) in [6, 6.07) is 6.91.